The Hall–Kier alpha value is -2.47. The van der Waals surface area contributed by atoms with Gasteiger partial charge in [-0.2, -0.15) is 18.3 Å². The van der Waals surface area contributed by atoms with Gasteiger partial charge in [-0.05, 0) is 30.5 Å². The minimum atomic E-state index is -4.57. The van der Waals surface area contributed by atoms with Gasteiger partial charge >= 0.3 is 12.3 Å². The first-order valence-electron chi connectivity index (χ1n) is 8.29. The molecule has 7 nitrogen and oxygen atoms in total. The maximum Gasteiger partial charge on any atom is 0.411 e. The van der Waals surface area contributed by atoms with E-state index < -0.39 is 42.7 Å². The largest absolute Gasteiger partial charge is 0.448 e. The Balaban J connectivity index is 1.68. The van der Waals surface area contributed by atoms with E-state index in [1.165, 1.54) is 18.2 Å². The summed E-state index contributed by atoms with van der Waals surface area (Å²) in [6.45, 7) is -0.445. The minimum Gasteiger partial charge on any atom is -0.448 e. The molecule has 1 aliphatic rings. The molecule has 1 fully saturated rings. The molecule has 2 aromatic rings. The Kier molecular flexibility index (Phi) is 5.68. The van der Waals surface area contributed by atoms with Crippen molar-refractivity contribution in [3.05, 3.63) is 40.9 Å². The Morgan fingerprint density at radius 2 is 2.07 bits per heavy atom. The number of hydrogen-bond donors (Lipinski definition) is 2. The van der Waals surface area contributed by atoms with Gasteiger partial charge in [-0.3, -0.25) is 0 Å². The molecule has 1 heterocycles. The Labute approximate surface area is 166 Å². The highest BCUT2D eigenvalue weighted by molar-refractivity contribution is 6.32. The number of aromatic nitrogens is 3. The summed E-state index contributed by atoms with van der Waals surface area (Å²) in [5.74, 6) is -0.630. The molecular formula is C16H15ClF5N5O2. The summed E-state index contributed by atoms with van der Waals surface area (Å²) >= 11 is 6.04. The van der Waals surface area contributed by atoms with Crippen LogP contribution in [0.1, 0.15) is 36.7 Å². The van der Waals surface area contributed by atoms with Gasteiger partial charge in [0.1, 0.15) is 18.5 Å². The van der Waals surface area contributed by atoms with E-state index in [-0.39, 0.29) is 23.6 Å². The van der Waals surface area contributed by atoms with Crippen molar-refractivity contribution >= 4 is 17.7 Å². The number of benzene rings is 1. The lowest BCUT2D eigenvalue weighted by atomic mass is 10.1. The van der Waals surface area contributed by atoms with Crippen LogP contribution in [-0.2, 0) is 4.74 Å². The van der Waals surface area contributed by atoms with Crippen LogP contribution in [0, 0.1) is 0 Å². The van der Waals surface area contributed by atoms with Crippen molar-refractivity contribution in [2.75, 3.05) is 6.61 Å². The molecule has 0 saturated heterocycles. The molecule has 13 heteroatoms. The summed E-state index contributed by atoms with van der Waals surface area (Å²) in [5, 5.41) is 5.61. The van der Waals surface area contributed by atoms with Crippen molar-refractivity contribution < 1.29 is 31.5 Å². The number of alkyl carbamates (subject to hydrolysis) is 1. The number of carbonyl (C=O) groups excluding carboxylic acids is 1. The fourth-order valence-electron chi connectivity index (χ4n) is 2.60. The Morgan fingerprint density at radius 3 is 2.66 bits per heavy atom. The zero-order chi connectivity index (χ0) is 21.4. The van der Waals surface area contributed by atoms with Crippen molar-refractivity contribution in [2.45, 2.75) is 37.0 Å². The summed E-state index contributed by atoms with van der Waals surface area (Å²) in [5.41, 5.74) is 4.08. The average molecular weight is 440 g/mol. The highest BCUT2D eigenvalue weighted by Crippen LogP contribution is 2.48. The third-order valence-corrected chi connectivity index (χ3v) is 4.74. The highest BCUT2D eigenvalue weighted by atomic mass is 35.5. The van der Waals surface area contributed by atoms with Crippen molar-refractivity contribution in [3.63, 3.8) is 0 Å². The molecule has 1 aliphatic carbocycles. The van der Waals surface area contributed by atoms with Gasteiger partial charge in [-0.1, -0.05) is 17.7 Å². The number of nitrogens with two attached hydrogens (primary N) is 1. The van der Waals surface area contributed by atoms with E-state index in [1.54, 1.807) is 0 Å². The van der Waals surface area contributed by atoms with E-state index >= 15 is 0 Å². The number of alkyl halides is 5. The van der Waals surface area contributed by atoms with Gasteiger partial charge in [-0.25, -0.2) is 23.2 Å². The van der Waals surface area contributed by atoms with E-state index in [0.29, 0.717) is 5.56 Å². The Bertz CT molecular complexity index is 900. The molecule has 0 unspecified atom stereocenters. The maximum atomic E-state index is 13.0. The monoisotopic (exact) mass is 439 g/mol. The lowest BCUT2D eigenvalue weighted by molar-refractivity contribution is -0.164. The molecule has 0 aliphatic heterocycles. The van der Waals surface area contributed by atoms with Crippen LogP contribution in [0.3, 0.4) is 0 Å². The van der Waals surface area contributed by atoms with E-state index in [2.05, 4.69) is 10.1 Å². The summed E-state index contributed by atoms with van der Waals surface area (Å²) in [4.78, 5) is 15.2. The zero-order valence-electron chi connectivity index (χ0n) is 14.6. The van der Waals surface area contributed by atoms with Crippen LogP contribution < -0.4 is 11.1 Å². The first-order valence-corrected chi connectivity index (χ1v) is 8.67. The molecule has 0 spiro atoms. The van der Waals surface area contributed by atoms with Gasteiger partial charge in [0, 0.05) is 0 Å². The van der Waals surface area contributed by atoms with E-state index in [0.717, 1.165) is 11.0 Å². The van der Waals surface area contributed by atoms with Gasteiger partial charge in [0.25, 0.3) is 6.43 Å². The van der Waals surface area contributed by atoms with E-state index in [4.69, 9.17) is 22.1 Å². The van der Waals surface area contributed by atoms with Crippen molar-refractivity contribution in [2.24, 2.45) is 5.73 Å². The van der Waals surface area contributed by atoms with Crippen LogP contribution >= 0.6 is 11.6 Å². The lowest BCUT2D eigenvalue weighted by Crippen LogP contribution is -2.48. The Morgan fingerprint density at radius 1 is 1.38 bits per heavy atom. The standard InChI is InChI=1S/C16H15ClF5N5O2/c17-9-2-1-8(5-11(9)27-13(12(18)19)24-7-25-27)10(23)6-29-14(28)26-15(3-4-15)16(20,21)22/h1-2,5,7,10,12H,3-4,6,23H2,(H,26,28)/t10-/m1/s1. The van der Waals surface area contributed by atoms with Gasteiger partial charge in [0.2, 0.25) is 0 Å². The van der Waals surface area contributed by atoms with Crippen LogP contribution in [0.5, 0.6) is 0 Å². The summed E-state index contributed by atoms with van der Waals surface area (Å²) in [6, 6.07) is 3.25. The van der Waals surface area contributed by atoms with Crippen molar-refractivity contribution in [1.82, 2.24) is 20.1 Å². The minimum absolute atomic E-state index is 0.0749. The molecule has 3 N–H and O–H groups in total. The summed E-state index contributed by atoms with van der Waals surface area (Å²) in [6.07, 6.45) is -8.22. The molecule has 158 valence electrons. The fraction of sp³-hybridized carbons (Fsp3) is 0.438. The van der Waals surface area contributed by atoms with E-state index in [9.17, 15) is 26.7 Å². The normalized spacial score (nSPS) is 16.6. The molecule has 1 aromatic heterocycles. The first-order chi connectivity index (χ1) is 13.5. The quantitative estimate of drug-likeness (QED) is 0.669. The number of ether oxygens (including phenoxy) is 1. The molecule has 0 radical (unpaired) electrons. The molecule has 1 amide bonds. The first kappa shape index (κ1) is 21.2. The molecular weight excluding hydrogens is 425 g/mol. The second-order valence-electron chi connectivity index (χ2n) is 6.45. The number of halogens is 6. The smallest absolute Gasteiger partial charge is 0.411 e. The third-order valence-electron chi connectivity index (χ3n) is 4.42. The number of rotatable bonds is 6. The van der Waals surface area contributed by atoms with Gasteiger partial charge in [-0.15, -0.1) is 0 Å². The zero-order valence-corrected chi connectivity index (χ0v) is 15.3. The van der Waals surface area contributed by atoms with Crippen LogP contribution in [-0.4, -0.2) is 39.2 Å². The van der Waals surface area contributed by atoms with E-state index in [1.807, 2.05) is 5.32 Å². The predicted molar refractivity (Wildman–Crippen MR) is 90.8 cm³/mol. The number of nitrogens with zero attached hydrogens (tertiary/aromatic N) is 3. The van der Waals surface area contributed by atoms with Crippen molar-refractivity contribution in [1.29, 1.82) is 0 Å². The molecule has 3 rings (SSSR count). The van der Waals surface area contributed by atoms with Gasteiger partial charge in [0.15, 0.2) is 5.82 Å². The van der Waals surface area contributed by atoms with Crippen LogP contribution in [0.25, 0.3) is 5.69 Å². The predicted octanol–water partition coefficient (Wildman–Crippen LogP) is 3.68. The highest BCUT2D eigenvalue weighted by Gasteiger charge is 2.64. The summed E-state index contributed by atoms with van der Waals surface area (Å²) < 4.78 is 70.3. The lowest BCUT2D eigenvalue weighted by Gasteiger charge is -2.21. The van der Waals surface area contributed by atoms with Crippen LogP contribution in [0.15, 0.2) is 24.5 Å². The van der Waals surface area contributed by atoms with Crippen LogP contribution in [0.2, 0.25) is 5.02 Å². The molecule has 29 heavy (non-hydrogen) atoms. The maximum absolute atomic E-state index is 13.0. The molecule has 1 atom stereocenters. The topological polar surface area (TPSA) is 95.1 Å². The van der Waals surface area contributed by atoms with Crippen molar-refractivity contribution in [3.8, 4) is 5.69 Å². The average Bonchev–Trinajstić information content (AvgIpc) is 3.26. The summed E-state index contributed by atoms with van der Waals surface area (Å²) in [7, 11) is 0. The molecule has 0 bridgehead atoms. The molecule has 1 saturated carbocycles. The van der Waals surface area contributed by atoms with Gasteiger partial charge < -0.3 is 15.8 Å². The SMILES string of the molecule is N[C@H](COC(=O)NC1(C(F)(F)F)CC1)c1ccc(Cl)c(-n2ncnc2C(F)F)c1. The number of amides is 1. The second-order valence-corrected chi connectivity index (χ2v) is 6.86. The number of hydrogen-bond acceptors (Lipinski definition) is 5. The molecule has 1 aromatic carbocycles. The van der Waals surface area contributed by atoms with Gasteiger partial charge in [0.05, 0.1) is 16.8 Å². The van der Waals surface area contributed by atoms with Crippen LogP contribution in [0.4, 0.5) is 26.7 Å². The number of nitrogens with one attached hydrogen (secondary N) is 1. The fourth-order valence-corrected chi connectivity index (χ4v) is 2.80. The number of carbonyl (C=O) groups is 1. The third kappa shape index (κ3) is 4.42. The second kappa shape index (κ2) is 7.75.